The van der Waals surface area contributed by atoms with Crippen molar-refractivity contribution in [3.63, 3.8) is 0 Å². The largest absolute Gasteiger partial charge is 0.325 e. The maximum atomic E-state index is 13.3. The lowest BCUT2D eigenvalue weighted by Gasteiger charge is -2.39. The van der Waals surface area contributed by atoms with E-state index in [0.717, 1.165) is 11.2 Å². The number of aromatic nitrogens is 2. The second-order valence-electron chi connectivity index (χ2n) is 6.64. The van der Waals surface area contributed by atoms with Gasteiger partial charge >= 0.3 is 0 Å². The lowest BCUT2D eigenvalue weighted by molar-refractivity contribution is -0.138. The third-order valence-electron chi connectivity index (χ3n) is 4.90. The maximum Gasteiger partial charge on any atom is 0.251 e. The van der Waals surface area contributed by atoms with Crippen LogP contribution < -0.4 is 4.90 Å². The number of pyridine rings is 1. The Morgan fingerprint density at radius 3 is 2.86 bits per heavy atom. The predicted octanol–water partition coefficient (Wildman–Crippen LogP) is 2.96. The number of halogens is 1. The second-order valence-corrected chi connectivity index (χ2v) is 7.08. The molecule has 0 saturated carbocycles. The number of benzene rings is 1. The topological polar surface area (TPSA) is 57.9 Å². The number of hydrogen-bond acceptors (Lipinski definition) is 3. The van der Waals surface area contributed by atoms with E-state index in [1.807, 2.05) is 53.2 Å². The van der Waals surface area contributed by atoms with Gasteiger partial charge in [0, 0.05) is 30.7 Å². The molecule has 3 heterocycles. The Balaban J connectivity index is 1.67. The minimum atomic E-state index is -0.637. The lowest BCUT2D eigenvalue weighted by Crippen LogP contribution is -2.59. The molecule has 7 heteroatoms. The maximum absolute atomic E-state index is 13.3. The van der Waals surface area contributed by atoms with Gasteiger partial charge in [-0.15, -0.1) is 0 Å². The summed E-state index contributed by atoms with van der Waals surface area (Å²) in [6.07, 6.45) is 5.34. The molecule has 2 amide bonds. The van der Waals surface area contributed by atoms with Crippen LogP contribution >= 0.6 is 11.6 Å². The first-order valence-corrected chi connectivity index (χ1v) is 9.37. The summed E-state index contributed by atoms with van der Waals surface area (Å²) < 4.78 is 1.87. The Bertz CT molecular complexity index is 1030. The number of carbonyl (C=O) groups is 2. The summed E-state index contributed by atoms with van der Waals surface area (Å²) in [5.41, 5.74) is 1.66. The SMILES string of the molecule is C=CC(=O)N1CCN(c2cn3ccccc3n2)C(=O)C1Cc1cccc(Cl)c1. The fraction of sp³-hybridized carbons (Fsp3) is 0.190. The highest BCUT2D eigenvalue weighted by atomic mass is 35.5. The number of imidazole rings is 1. The zero-order chi connectivity index (χ0) is 19.7. The van der Waals surface area contributed by atoms with Crippen LogP contribution in [0, 0.1) is 0 Å². The van der Waals surface area contributed by atoms with Gasteiger partial charge < -0.3 is 9.30 Å². The second kappa shape index (κ2) is 7.48. The quantitative estimate of drug-likeness (QED) is 0.639. The van der Waals surface area contributed by atoms with E-state index in [0.29, 0.717) is 30.4 Å². The van der Waals surface area contributed by atoms with E-state index in [4.69, 9.17) is 11.6 Å². The highest BCUT2D eigenvalue weighted by Crippen LogP contribution is 2.23. The molecule has 1 aliphatic rings. The van der Waals surface area contributed by atoms with Gasteiger partial charge in [0.05, 0.1) is 6.20 Å². The fourth-order valence-electron chi connectivity index (χ4n) is 3.53. The van der Waals surface area contributed by atoms with Crippen molar-refractivity contribution in [2.24, 2.45) is 0 Å². The molecule has 0 radical (unpaired) electrons. The molecule has 1 fully saturated rings. The van der Waals surface area contributed by atoms with Crippen LogP contribution in [-0.2, 0) is 16.0 Å². The molecule has 1 aromatic carbocycles. The monoisotopic (exact) mass is 394 g/mol. The zero-order valence-electron chi connectivity index (χ0n) is 15.2. The smallest absolute Gasteiger partial charge is 0.251 e. The molecule has 1 aliphatic heterocycles. The molecule has 3 aromatic rings. The molecule has 4 rings (SSSR count). The zero-order valence-corrected chi connectivity index (χ0v) is 15.9. The molecular formula is C21H19ClN4O2. The van der Waals surface area contributed by atoms with Gasteiger partial charge in [-0.3, -0.25) is 14.5 Å². The Morgan fingerprint density at radius 2 is 2.11 bits per heavy atom. The molecule has 1 saturated heterocycles. The van der Waals surface area contributed by atoms with Crippen LogP contribution in [0.1, 0.15) is 5.56 Å². The van der Waals surface area contributed by atoms with Crippen LogP contribution in [0.5, 0.6) is 0 Å². The van der Waals surface area contributed by atoms with E-state index < -0.39 is 6.04 Å². The number of carbonyl (C=O) groups excluding carboxylic acids is 2. The molecule has 28 heavy (non-hydrogen) atoms. The average molecular weight is 395 g/mol. The van der Waals surface area contributed by atoms with Crippen molar-refractivity contribution in [3.05, 3.63) is 78.1 Å². The van der Waals surface area contributed by atoms with Gasteiger partial charge in [0.15, 0.2) is 5.82 Å². The highest BCUT2D eigenvalue weighted by Gasteiger charge is 2.38. The van der Waals surface area contributed by atoms with Crippen LogP contribution in [-0.4, -0.2) is 45.2 Å². The molecular weight excluding hydrogens is 376 g/mol. The van der Waals surface area contributed by atoms with E-state index in [1.165, 1.54) is 6.08 Å². The summed E-state index contributed by atoms with van der Waals surface area (Å²) in [5, 5.41) is 0.597. The van der Waals surface area contributed by atoms with E-state index in [9.17, 15) is 9.59 Å². The van der Waals surface area contributed by atoms with E-state index in [2.05, 4.69) is 11.6 Å². The third kappa shape index (κ3) is 3.39. The number of rotatable bonds is 4. The summed E-state index contributed by atoms with van der Waals surface area (Å²) in [7, 11) is 0. The van der Waals surface area contributed by atoms with Crippen LogP contribution in [0.15, 0.2) is 67.5 Å². The number of hydrogen-bond donors (Lipinski definition) is 0. The van der Waals surface area contributed by atoms with Gasteiger partial charge in [0.2, 0.25) is 5.91 Å². The van der Waals surface area contributed by atoms with Crippen molar-refractivity contribution >= 4 is 34.9 Å². The summed E-state index contributed by atoms with van der Waals surface area (Å²) in [4.78, 5) is 33.5. The number of piperazine rings is 1. The normalized spacial score (nSPS) is 17.2. The Labute approximate surface area is 167 Å². The minimum Gasteiger partial charge on any atom is -0.325 e. The molecule has 1 unspecified atom stereocenters. The molecule has 0 aliphatic carbocycles. The van der Waals surface area contributed by atoms with Gasteiger partial charge in [-0.25, -0.2) is 4.98 Å². The van der Waals surface area contributed by atoms with Crippen LogP contribution in [0.2, 0.25) is 5.02 Å². The summed E-state index contributed by atoms with van der Waals surface area (Å²) >= 11 is 6.09. The Morgan fingerprint density at radius 1 is 1.25 bits per heavy atom. The molecule has 142 valence electrons. The predicted molar refractivity (Wildman–Crippen MR) is 108 cm³/mol. The van der Waals surface area contributed by atoms with Crippen molar-refractivity contribution in [1.29, 1.82) is 0 Å². The Hall–Kier alpha value is -3.12. The molecule has 1 atom stereocenters. The summed E-state index contributed by atoms with van der Waals surface area (Å²) in [6.45, 7) is 4.37. The molecule has 0 spiro atoms. The fourth-order valence-corrected chi connectivity index (χ4v) is 3.74. The molecule has 2 aromatic heterocycles. The van der Waals surface area contributed by atoms with E-state index in [-0.39, 0.29) is 11.8 Å². The first-order valence-electron chi connectivity index (χ1n) is 8.99. The number of fused-ring (bicyclic) bond motifs is 1. The minimum absolute atomic E-state index is 0.162. The number of anilines is 1. The van der Waals surface area contributed by atoms with Crippen molar-refractivity contribution in [2.45, 2.75) is 12.5 Å². The van der Waals surface area contributed by atoms with Crippen molar-refractivity contribution in [1.82, 2.24) is 14.3 Å². The van der Waals surface area contributed by atoms with Crippen molar-refractivity contribution < 1.29 is 9.59 Å². The van der Waals surface area contributed by atoms with Gasteiger partial charge in [0.25, 0.3) is 5.91 Å². The van der Waals surface area contributed by atoms with E-state index >= 15 is 0 Å². The number of nitrogens with zero attached hydrogens (tertiary/aromatic N) is 4. The lowest BCUT2D eigenvalue weighted by atomic mass is 10.0. The van der Waals surface area contributed by atoms with E-state index in [1.54, 1.807) is 15.9 Å². The third-order valence-corrected chi connectivity index (χ3v) is 5.13. The van der Waals surface area contributed by atoms with Gasteiger partial charge in [0.1, 0.15) is 11.7 Å². The summed E-state index contributed by atoms with van der Waals surface area (Å²) in [5.74, 6) is 0.165. The van der Waals surface area contributed by atoms with Crippen molar-refractivity contribution in [2.75, 3.05) is 18.0 Å². The molecule has 6 nitrogen and oxygen atoms in total. The first-order chi connectivity index (χ1) is 13.6. The van der Waals surface area contributed by atoms with Crippen LogP contribution in [0.25, 0.3) is 5.65 Å². The van der Waals surface area contributed by atoms with Crippen LogP contribution in [0.4, 0.5) is 5.82 Å². The first kappa shape index (κ1) is 18.3. The standard InChI is InChI=1S/C21H19ClN4O2/c1-2-20(27)25-10-11-26(19-14-24-9-4-3-8-18(24)23-19)21(28)17(25)13-15-6-5-7-16(22)12-15/h2-9,12,14,17H,1,10-11,13H2. The highest BCUT2D eigenvalue weighted by molar-refractivity contribution is 6.30. The van der Waals surface area contributed by atoms with Gasteiger partial charge in [-0.1, -0.05) is 36.4 Å². The Kier molecular flexibility index (Phi) is 4.88. The molecule has 0 bridgehead atoms. The number of amides is 2. The summed E-state index contributed by atoms with van der Waals surface area (Å²) in [6, 6.07) is 12.4. The average Bonchev–Trinajstić information content (AvgIpc) is 3.12. The molecule has 0 N–H and O–H groups in total. The van der Waals surface area contributed by atoms with Gasteiger partial charge in [-0.05, 0) is 35.9 Å². The van der Waals surface area contributed by atoms with Crippen LogP contribution in [0.3, 0.4) is 0 Å². The van der Waals surface area contributed by atoms with Crippen molar-refractivity contribution in [3.8, 4) is 0 Å². The van der Waals surface area contributed by atoms with Gasteiger partial charge in [-0.2, -0.15) is 0 Å².